The van der Waals surface area contributed by atoms with E-state index >= 15 is 0 Å². The van der Waals surface area contributed by atoms with Crippen LogP contribution < -0.4 is 0 Å². The van der Waals surface area contributed by atoms with E-state index in [0.717, 1.165) is 27.5 Å². The molecule has 0 N–H and O–H groups in total. The van der Waals surface area contributed by atoms with Crippen molar-refractivity contribution in [3.63, 3.8) is 0 Å². The SMILES string of the molecule is c1cc2c3c(cccc3c1)-c1cc(-c3cccc4c3oc3ccc(-c5cc6ccccc6c6ccccc56)cc34)ccc1-2. The predicted molar refractivity (Wildman–Crippen MR) is 182 cm³/mol. The highest BCUT2D eigenvalue weighted by Gasteiger charge is 2.22. The van der Waals surface area contributed by atoms with Crippen LogP contribution in [0.3, 0.4) is 0 Å². The van der Waals surface area contributed by atoms with E-state index in [1.165, 1.54) is 71.3 Å². The van der Waals surface area contributed by atoms with Crippen molar-refractivity contribution < 1.29 is 4.42 Å². The van der Waals surface area contributed by atoms with Crippen molar-refractivity contribution in [2.45, 2.75) is 0 Å². The van der Waals surface area contributed by atoms with Gasteiger partial charge < -0.3 is 4.42 Å². The molecule has 0 atom stereocenters. The fourth-order valence-corrected chi connectivity index (χ4v) is 7.45. The summed E-state index contributed by atoms with van der Waals surface area (Å²) in [7, 11) is 0. The summed E-state index contributed by atoms with van der Waals surface area (Å²) < 4.78 is 6.63. The summed E-state index contributed by atoms with van der Waals surface area (Å²) in [6.45, 7) is 0. The van der Waals surface area contributed by atoms with Crippen LogP contribution in [0.15, 0.2) is 150 Å². The zero-order valence-electron chi connectivity index (χ0n) is 23.3. The molecule has 1 aromatic heterocycles. The van der Waals surface area contributed by atoms with E-state index < -0.39 is 0 Å². The Labute approximate surface area is 248 Å². The summed E-state index contributed by atoms with van der Waals surface area (Å²) in [6.07, 6.45) is 0. The van der Waals surface area contributed by atoms with Crippen LogP contribution in [-0.2, 0) is 0 Å². The Bertz CT molecular complexity index is 2610. The van der Waals surface area contributed by atoms with Gasteiger partial charge in [-0.1, -0.05) is 121 Å². The minimum absolute atomic E-state index is 0.912. The molecular formula is C42H24O. The lowest BCUT2D eigenvalue weighted by Gasteiger charge is -2.11. The Hall–Kier alpha value is -5.66. The highest BCUT2D eigenvalue weighted by molar-refractivity contribution is 6.18. The van der Waals surface area contributed by atoms with E-state index in [9.17, 15) is 0 Å². The number of rotatable bonds is 2. The lowest BCUT2D eigenvalue weighted by Crippen LogP contribution is -1.84. The van der Waals surface area contributed by atoms with Crippen LogP contribution in [0.5, 0.6) is 0 Å². The Balaban J connectivity index is 1.17. The molecule has 9 aromatic rings. The number of hydrogen-bond acceptors (Lipinski definition) is 1. The quantitative estimate of drug-likeness (QED) is 0.197. The maximum Gasteiger partial charge on any atom is 0.143 e. The van der Waals surface area contributed by atoms with Gasteiger partial charge in [-0.25, -0.2) is 0 Å². The molecule has 0 radical (unpaired) electrons. The van der Waals surface area contributed by atoms with Crippen LogP contribution >= 0.6 is 0 Å². The van der Waals surface area contributed by atoms with Gasteiger partial charge in [0.05, 0.1) is 0 Å². The number of fused-ring (bicyclic) bond motifs is 9. The second-order valence-electron chi connectivity index (χ2n) is 11.7. The molecule has 0 fully saturated rings. The standard InChI is InChI=1S/C42H24O/c1-2-11-29-26(8-1)22-37(32-13-4-3-12-31(29)32)28-19-21-40-39(24-28)36-17-7-14-30(42(36)43-40)27-18-20-33-34-15-5-9-25-10-6-16-35(41(25)34)38(33)23-27/h1-24H. The molecule has 1 nitrogen and oxygen atoms in total. The number of benzene rings is 8. The molecule has 0 unspecified atom stereocenters. The first-order valence-electron chi connectivity index (χ1n) is 14.8. The van der Waals surface area contributed by atoms with Crippen LogP contribution in [0.4, 0.5) is 0 Å². The maximum absolute atomic E-state index is 6.63. The summed E-state index contributed by atoms with van der Waals surface area (Å²) in [6, 6.07) is 53.0. The molecule has 0 saturated heterocycles. The molecule has 0 aliphatic heterocycles. The van der Waals surface area contributed by atoms with Gasteiger partial charge in [-0.15, -0.1) is 0 Å². The highest BCUT2D eigenvalue weighted by Crippen LogP contribution is 2.49. The first-order chi connectivity index (χ1) is 21.3. The maximum atomic E-state index is 6.63. The average molecular weight is 545 g/mol. The normalized spacial score (nSPS) is 12.2. The van der Waals surface area contributed by atoms with Crippen molar-refractivity contribution in [2.75, 3.05) is 0 Å². The van der Waals surface area contributed by atoms with E-state index in [4.69, 9.17) is 4.42 Å². The first kappa shape index (κ1) is 23.0. The van der Waals surface area contributed by atoms with E-state index in [1.54, 1.807) is 0 Å². The molecule has 0 bridgehead atoms. The average Bonchev–Trinajstić information content (AvgIpc) is 3.61. The van der Waals surface area contributed by atoms with Gasteiger partial charge in [0.1, 0.15) is 11.2 Å². The fourth-order valence-electron chi connectivity index (χ4n) is 7.45. The first-order valence-corrected chi connectivity index (χ1v) is 14.8. The topological polar surface area (TPSA) is 13.1 Å². The molecule has 1 heterocycles. The Kier molecular flexibility index (Phi) is 4.51. The third-order valence-corrected chi connectivity index (χ3v) is 9.39. The summed E-state index contributed by atoms with van der Waals surface area (Å²) in [5.41, 5.74) is 11.8. The monoisotopic (exact) mass is 544 g/mol. The lowest BCUT2D eigenvalue weighted by molar-refractivity contribution is 0.670. The van der Waals surface area contributed by atoms with Crippen LogP contribution in [-0.4, -0.2) is 0 Å². The fraction of sp³-hybridized carbons (Fsp3) is 0. The zero-order chi connectivity index (χ0) is 28.1. The number of para-hydroxylation sites is 1. The summed E-state index contributed by atoms with van der Waals surface area (Å²) >= 11 is 0. The lowest BCUT2D eigenvalue weighted by atomic mass is 9.92. The van der Waals surface area contributed by atoms with E-state index in [2.05, 4.69) is 146 Å². The molecule has 43 heavy (non-hydrogen) atoms. The second-order valence-corrected chi connectivity index (χ2v) is 11.7. The van der Waals surface area contributed by atoms with Crippen molar-refractivity contribution in [1.29, 1.82) is 0 Å². The van der Waals surface area contributed by atoms with Gasteiger partial charge in [0.25, 0.3) is 0 Å². The smallest absolute Gasteiger partial charge is 0.143 e. The van der Waals surface area contributed by atoms with Crippen LogP contribution in [0, 0.1) is 0 Å². The molecule has 1 heteroatoms. The van der Waals surface area contributed by atoms with Crippen LogP contribution in [0.2, 0.25) is 0 Å². The Morgan fingerprint density at radius 2 is 0.977 bits per heavy atom. The van der Waals surface area contributed by atoms with Crippen molar-refractivity contribution in [3.05, 3.63) is 146 Å². The molecule has 10 rings (SSSR count). The van der Waals surface area contributed by atoms with Gasteiger partial charge in [0, 0.05) is 16.3 Å². The van der Waals surface area contributed by atoms with Gasteiger partial charge >= 0.3 is 0 Å². The van der Waals surface area contributed by atoms with Crippen LogP contribution in [0.25, 0.3) is 98.8 Å². The summed E-state index contributed by atoms with van der Waals surface area (Å²) in [4.78, 5) is 0. The van der Waals surface area contributed by atoms with Gasteiger partial charge in [-0.05, 0) is 95.5 Å². The summed E-state index contributed by atoms with van der Waals surface area (Å²) in [5.74, 6) is 0. The van der Waals surface area contributed by atoms with Gasteiger partial charge in [-0.3, -0.25) is 0 Å². The summed E-state index contributed by atoms with van der Waals surface area (Å²) in [5, 5.41) is 10.0. The molecular weight excluding hydrogens is 520 g/mol. The Morgan fingerprint density at radius 3 is 1.86 bits per heavy atom. The van der Waals surface area contributed by atoms with Crippen molar-refractivity contribution in [1.82, 2.24) is 0 Å². The Morgan fingerprint density at radius 1 is 0.326 bits per heavy atom. The van der Waals surface area contributed by atoms with E-state index in [0.29, 0.717) is 0 Å². The molecule has 0 saturated carbocycles. The zero-order valence-corrected chi connectivity index (χ0v) is 23.3. The highest BCUT2D eigenvalue weighted by atomic mass is 16.3. The number of hydrogen-bond donors (Lipinski definition) is 0. The third kappa shape index (κ3) is 3.17. The molecule has 1 aliphatic carbocycles. The molecule has 0 amide bonds. The van der Waals surface area contributed by atoms with Gasteiger partial charge in [0.2, 0.25) is 0 Å². The van der Waals surface area contributed by atoms with Crippen molar-refractivity contribution in [2.24, 2.45) is 0 Å². The van der Waals surface area contributed by atoms with Crippen LogP contribution in [0.1, 0.15) is 0 Å². The van der Waals surface area contributed by atoms with E-state index in [1.807, 2.05) is 0 Å². The van der Waals surface area contributed by atoms with Crippen molar-refractivity contribution >= 4 is 54.3 Å². The largest absolute Gasteiger partial charge is 0.455 e. The van der Waals surface area contributed by atoms with Gasteiger partial charge in [-0.2, -0.15) is 0 Å². The molecule has 198 valence electrons. The molecule has 1 aliphatic rings. The molecule has 8 aromatic carbocycles. The second kappa shape index (κ2) is 8.44. The third-order valence-electron chi connectivity index (χ3n) is 9.39. The van der Waals surface area contributed by atoms with Crippen molar-refractivity contribution in [3.8, 4) is 44.5 Å². The van der Waals surface area contributed by atoms with Gasteiger partial charge in [0.15, 0.2) is 0 Å². The predicted octanol–water partition coefficient (Wildman–Crippen LogP) is 12.0. The molecule has 0 spiro atoms. The number of furan rings is 1. The minimum atomic E-state index is 0.912. The van der Waals surface area contributed by atoms with E-state index in [-0.39, 0.29) is 0 Å². The minimum Gasteiger partial charge on any atom is -0.455 e.